The van der Waals surface area contributed by atoms with Crippen molar-refractivity contribution >= 4 is 5.78 Å². The molecule has 0 aliphatic rings. The molecule has 0 aliphatic heterocycles. The first-order chi connectivity index (χ1) is 5.29. The minimum atomic E-state index is 0.203. The third kappa shape index (κ3) is 2.89. The van der Waals surface area contributed by atoms with E-state index in [9.17, 15) is 4.79 Å². The molecular formula is C10H11O-. The molecule has 0 atom stereocenters. The molecule has 0 aromatic heterocycles. The number of carbonyl (C=O) groups excluding carboxylic acids is 1. The summed E-state index contributed by atoms with van der Waals surface area (Å²) in [5, 5.41) is 0. The molecule has 0 spiro atoms. The highest BCUT2D eigenvalue weighted by molar-refractivity contribution is 5.77. The molecule has 0 unspecified atom stereocenters. The summed E-state index contributed by atoms with van der Waals surface area (Å²) >= 11 is 0. The summed E-state index contributed by atoms with van der Waals surface area (Å²) in [4.78, 5) is 10.6. The smallest absolute Gasteiger partial charge is 0.122 e. The first kappa shape index (κ1) is 7.86. The van der Waals surface area contributed by atoms with Crippen molar-refractivity contribution in [3.63, 3.8) is 0 Å². The standard InChI is InChI=1S/C10H11O/c1-9(11)7-8-10-5-3-2-4-6-10/h2-6,8H,7H2,1H3/q-1. The molecule has 0 N–H and O–H groups in total. The zero-order chi connectivity index (χ0) is 8.10. The van der Waals surface area contributed by atoms with E-state index in [1.807, 2.05) is 36.8 Å². The van der Waals surface area contributed by atoms with E-state index in [1.54, 1.807) is 6.92 Å². The lowest BCUT2D eigenvalue weighted by molar-refractivity contribution is -0.116. The second-order valence-corrected chi connectivity index (χ2v) is 2.52. The summed E-state index contributed by atoms with van der Waals surface area (Å²) in [5.41, 5.74) is 1.11. The Labute approximate surface area is 67.1 Å². The maximum absolute atomic E-state index is 10.6. The van der Waals surface area contributed by atoms with Crippen LogP contribution in [0.4, 0.5) is 0 Å². The molecule has 11 heavy (non-hydrogen) atoms. The molecule has 0 bridgehead atoms. The van der Waals surface area contributed by atoms with E-state index in [4.69, 9.17) is 0 Å². The van der Waals surface area contributed by atoms with E-state index in [-0.39, 0.29) is 5.78 Å². The van der Waals surface area contributed by atoms with Crippen LogP contribution in [0.25, 0.3) is 0 Å². The van der Waals surface area contributed by atoms with E-state index >= 15 is 0 Å². The summed E-state index contributed by atoms with van der Waals surface area (Å²) in [5.74, 6) is 0.203. The van der Waals surface area contributed by atoms with Crippen molar-refractivity contribution in [1.82, 2.24) is 0 Å². The Hall–Kier alpha value is -1.24. The average molecular weight is 147 g/mol. The fraction of sp³-hybridized carbons (Fsp3) is 0.200. The summed E-state index contributed by atoms with van der Waals surface area (Å²) in [6.45, 7) is 1.60. The van der Waals surface area contributed by atoms with Gasteiger partial charge in [-0.2, -0.15) is 24.1 Å². The van der Waals surface area contributed by atoms with Gasteiger partial charge in [-0.25, -0.2) is 0 Å². The molecule has 0 radical (unpaired) electrons. The molecule has 1 rings (SSSR count). The second kappa shape index (κ2) is 3.81. The normalized spacial score (nSPS) is 9.18. The van der Waals surface area contributed by atoms with Crippen molar-refractivity contribution in [2.24, 2.45) is 0 Å². The van der Waals surface area contributed by atoms with Crippen LogP contribution in [0.2, 0.25) is 0 Å². The number of hydrogen-bond acceptors (Lipinski definition) is 1. The van der Waals surface area contributed by atoms with Crippen LogP contribution in [0.1, 0.15) is 18.9 Å². The van der Waals surface area contributed by atoms with Crippen LogP contribution in [0.15, 0.2) is 30.3 Å². The lowest BCUT2D eigenvalue weighted by Crippen LogP contribution is -1.90. The minimum Gasteiger partial charge on any atom is -0.301 e. The van der Waals surface area contributed by atoms with Gasteiger partial charge in [0.2, 0.25) is 0 Å². The van der Waals surface area contributed by atoms with Gasteiger partial charge in [-0.1, -0.05) is 6.07 Å². The number of rotatable bonds is 3. The van der Waals surface area contributed by atoms with Crippen LogP contribution >= 0.6 is 0 Å². The van der Waals surface area contributed by atoms with Gasteiger partial charge in [-0.05, 0) is 13.3 Å². The van der Waals surface area contributed by atoms with Gasteiger partial charge in [0.25, 0.3) is 0 Å². The summed E-state index contributed by atoms with van der Waals surface area (Å²) < 4.78 is 0. The molecule has 1 aromatic rings. The van der Waals surface area contributed by atoms with Gasteiger partial charge in [0, 0.05) is 0 Å². The van der Waals surface area contributed by atoms with E-state index in [0.29, 0.717) is 6.42 Å². The molecular weight excluding hydrogens is 136 g/mol. The Bertz CT molecular complexity index is 226. The van der Waals surface area contributed by atoms with E-state index in [2.05, 4.69) is 0 Å². The maximum Gasteiger partial charge on any atom is 0.122 e. The molecule has 0 aliphatic carbocycles. The molecule has 58 valence electrons. The van der Waals surface area contributed by atoms with E-state index in [0.717, 1.165) is 5.56 Å². The quantitative estimate of drug-likeness (QED) is 0.599. The fourth-order valence-corrected chi connectivity index (χ4v) is 0.851. The molecule has 1 aromatic carbocycles. The van der Waals surface area contributed by atoms with Gasteiger partial charge in [-0.15, -0.1) is 12.1 Å². The van der Waals surface area contributed by atoms with Crippen LogP contribution in [0, 0.1) is 6.42 Å². The number of carbonyl (C=O) groups is 1. The lowest BCUT2D eigenvalue weighted by atomic mass is 10.1. The lowest BCUT2D eigenvalue weighted by Gasteiger charge is -2.06. The van der Waals surface area contributed by atoms with Crippen molar-refractivity contribution in [3.05, 3.63) is 42.3 Å². The number of benzene rings is 1. The Balaban J connectivity index is 2.45. The summed E-state index contributed by atoms with van der Waals surface area (Å²) in [7, 11) is 0. The average Bonchev–Trinajstić information content (AvgIpc) is 2.03. The van der Waals surface area contributed by atoms with Gasteiger partial charge in [0.1, 0.15) is 5.78 Å². The van der Waals surface area contributed by atoms with Crippen LogP contribution in [0.5, 0.6) is 0 Å². The Morgan fingerprint density at radius 3 is 2.55 bits per heavy atom. The zero-order valence-electron chi connectivity index (χ0n) is 6.58. The minimum absolute atomic E-state index is 0.203. The van der Waals surface area contributed by atoms with E-state index < -0.39 is 0 Å². The highest BCUT2D eigenvalue weighted by atomic mass is 16.1. The van der Waals surface area contributed by atoms with Gasteiger partial charge >= 0.3 is 0 Å². The van der Waals surface area contributed by atoms with Crippen molar-refractivity contribution in [3.8, 4) is 0 Å². The third-order valence-corrected chi connectivity index (χ3v) is 1.42. The summed E-state index contributed by atoms with van der Waals surface area (Å²) in [6, 6.07) is 9.87. The topological polar surface area (TPSA) is 17.1 Å². The number of hydrogen-bond donors (Lipinski definition) is 0. The Morgan fingerprint density at radius 1 is 1.36 bits per heavy atom. The van der Waals surface area contributed by atoms with Crippen LogP contribution < -0.4 is 0 Å². The third-order valence-electron chi connectivity index (χ3n) is 1.42. The van der Waals surface area contributed by atoms with Crippen LogP contribution in [0.3, 0.4) is 0 Å². The molecule has 1 nitrogen and oxygen atoms in total. The number of ketones is 1. The molecule has 0 amide bonds. The van der Waals surface area contributed by atoms with E-state index in [1.165, 1.54) is 0 Å². The van der Waals surface area contributed by atoms with Crippen molar-refractivity contribution < 1.29 is 4.79 Å². The maximum atomic E-state index is 10.6. The molecule has 0 fully saturated rings. The predicted octanol–water partition coefficient (Wildman–Crippen LogP) is 2.22. The fourth-order valence-electron chi connectivity index (χ4n) is 0.851. The van der Waals surface area contributed by atoms with Gasteiger partial charge in [0.15, 0.2) is 0 Å². The second-order valence-electron chi connectivity index (χ2n) is 2.52. The van der Waals surface area contributed by atoms with Crippen molar-refractivity contribution in [1.29, 1.82) is 0 Å². The highest BCUT2D eigenvalue weighted by Gasteiger charge is 1.86. The van der Waals surface area contributed by atoms with Crippen LogP contribution in [-0.2, 0) is 4.79 Å². The SMILES string of the molecule is CC(=O)C[CH-]c1ccccc1. The van der Waals surface area contributed by atoms with Crippen LogP contribution in [-0.4, -0.2) is 5.78 Å². The monoisotopic (exact) mass is 147 g/mol. The highest BCUT2D eigenvalue weighted by Crippen LogP contribution is 2.04. The van der Waals surface area contributed by atoms with Gasteiger partial charge in [0.05, 0.1) is 0 Å². The first-order valence-corrected chi connectivity index (χ1v) is 3.67. The van der Waals surface area contributed by atoms with Crippen molar-refractivity contribution in [2.45, 2.75) is 13.3 Å². The Morgan fingerprint density at radius 2 is 2.00 bits per heavy atom. The molecule has 0 heterocycles. The Kier molecular flexibility index (Phi) is 2.73. The number of Topliss-reactive ketones (excluding diaryl/α,β-unsaturated/α-hetero) is 1. The van der Waals surface area contributed by atoms with Gasteiger partial charge < -0.3 is 4.79 Å². The summed E-state index contributed by atoms with van der Waals surface area (Å²) in [6.07, 6.45) is 2.46. The molecule has 1 heteroatoms. The van der Waals surface area contributed by atoms with Crippen molar-refractivity contribution in [2.75, 3.05) is 0 Å². The first-order valence-electron chi connectivity index (χ1n) is 3.67. The molecule has 0 saturated heterocycles. The molecule has 0 saturated carbocycles. The largest absolute Gasteiger partial charge is 0.301 e. The predicted molar refractivity (Wildman–Crippen MR) is 45.1 cm³/mol. The zero-order valence-corrected chi connectivity index (χ0v) is 6.58. The van der Waals surface area contributed by atoms with Gasteiger partial charge in [-0.3, -0.25) is 0 Å².